The molecule has 5 heteroatoms. The molecule has 0 radical (unpaired) electrons. The smallest absolute Gasteiger partial charge is 0.169 e. The molecule has 3 fully saturated rings. The van der Waals surface area contributed by atoms with Crippen LogP contribution in [0.5, 0.6) is 0 Å². The second-order valence-electron chi connectivity index (χ2n) is 8.24. The van der Waals surface area contributed by atoms with Crippen LogP contribution >= 0.6 is 12.2 Å². The fourth-order valence-electron chi connectivity index (χ4n) is 4.63. The predicted molar refractivity (Wildman–Crippen MR) is 103 cm³/mol. The van der Waals surface area contributed by atoms with Gasteiger partial charge >= 0.3 is 0 Å². The van der Waals surface area contributed by atoms with Gasteiger partial charge in [-0.15, -0.1) is 0 Å². The lowest BCUT2D eigenvalue weighted by atomic mass is 9.93. The molecule has 3 rings (SSSR count). The zero-order valence-electron chi connectivity index (χ0n) is 15.3. The standard InChI is InChI=1S/C19H35N3OS/c1-15-13-18(23)9-12-22(15)14-16-7-10-21(11-8-16)19(24)20-17-5-3-2-4-6-17/h15-18,23H,2-14H2,1H3,(H,20,24)/t15-,18-/m1/s1. The van der Waals surface area contributed by atoms with Gasteiger partial charge in [0.2, 0.25) is 0 Å². The molecule has 0 unspecified atom stereocenters. The Kier molecular flexibility index (Phi) is 6.76. The van der Waals surface area contributed by atoms with Crippen molar-refractivity contribution in [2.45, 2.75) is 82.9 Å². The molecule has 0 aromatic heterocycles. The van der Waals surface area contributed by atoms with Gasteiger partial charge in [0, 0.05) is 38.3 Å². The molecule has 2 heterocycles. The summed E-state index contributed by atoms with van der Waals surface area (Å²) in [5.74, 6) is 0.788. The van der Waals surface area contributed by atoms with Crippen LogP contribution in [0.2, 0.25) is 0 Å². The Morgan fingerprint density at radius 1 is 1.04 bits per heavy atom. The first-order valence-corrected chi connectivity index (χ1v) is 10.5. The summed E-state index contributed by atoms with van der Waals surface area (Å²) in [6.07, 6.45) is 11.0. The zero-order valence-corrected chi connectivity index (χ0v) is 16.1. The first-order valence-electron chi connectivity index (χ1n) is 10.1. The average molecular weight is 354 g/mol. The Labute approximate surface area is 153 Å². The number of nitrogens with one attached hydrogen (secondary N) is 1. The van der Waals surface area contributed by atoms with E-state index in [4.69, 9.17) is 12.2 Å². The summed E-state index contributed by atoms with van der Waals surface area (Å²) < 4.78 is 0. The van der Waals surface area contributed by atoms with E-state index in [9.17, 15) is 5.11 Å². The first kappa shape index (κ1) is 18.4. The third kappa shape index (κ3) is 5.06. The lowest BCUT2D eigenvalue weighted by molar-refractivity contribution is 0.0348. The van der Waals surface area contributed by atoms with Crippen molar-refractivity contribution in [1.82, 2.24) is 15.1 Å². The van der Waals surface area contributed by atoms with Crippen LogP contribution < -0.4 is 5.32 Å². The zero-order chi connectivity index (χ0) is 16.9. The van der Waals surface area contributed by atoms with Gasteiger partial charge in [-0.3, -0.25) is 0 Å². The van der Waals surface area contributed by atoms with Gasteiger partial charge in [-0.25, -0.2) is 0 Å². The maximum atomic E-state index is 9.78. The Morgan fingerprint density at radius 3 is 2.42 bits per heavy atom. The molecule has 0 bridgehead atoms. The topological polar surface area (TPSA) is 38.7 Å². The van der Waals surface area contributed by atoms with Crippen LogP contribution in [0.4, 0.5) is 0 Å². The van der Waals surface area contributed by atoms with Crippen molar-refractivity contribution in [3.63, 3.8) is 0 Å². The molecule has 4 nitrogen and oxygen atoms in total. The molecule has 3 aliphatic rings. The maximum Gasteiger partial charge on any atom is 0.169 e. The number of aliphatic hydroxyl groups excluding tert-OH is 1. The van der Waals surface area contributed by atoms with Gasteiger partial charge in [0.25, 0.3) is 0 Å². The summed E-state index contributed by atoms with van der Waals surface area (Å²) in [6.45, 7) is 6.73. The number of rotatable bonds is 3. The first-order chi connectivity index (χ1) is 11.6. The minimum atomic E-state index is -0.0821. The van der Waals surface area contributed by atoms with Crippen LogP contribution in [-0.4, -0.2) is 64.4 Å². The molecule has 0 amide bonds. The summed E-state index contributed by atoms with van der Waals surface area (Å²) in [6, 6.07) is 1.14. The minimum absolute atomic E-state index is 0.0821. The van der Waals surface area contributed by atoms with Gasteiger partial charge in [0.15, 0.2) is 5.11 Å². The largest absolute Gasteiger partial charge is 0.393 e. The molecule has 2 aliphatic heterocycles. The van der Waals surface area contributed by atoms with Gasteiger partial charge < -0.3 is 20.2 Å². The van der Waals surface area contributed by atoms with Crippen molar-refractivity contribution in [2.75, 3.05) is 26.2 Å². The van der Waals surface area contributed by atoms with Crippen LogP contribution in [0, 0.1) is 5.92 Å². The normalized spacial score (nSPS) is 31.2. The van der Waals surface area contributed by atoms with Crippen LogP contribution in [0.1, 0.15) is 64.7 Å². The molecular formula is C19H35N3OS. The predicted octanol–water partition coefficient (Wildman–Crippen LogP) is 2.75. The highest BCUT2D eigenvalue weighted by atomic mass is 32.1. The van der Waals surface area contributed by atoms with Gasteiger partial charge in [-0.2, -0.15) is 0 Å². The molecular weight excluding hydrogens is 318 g/mol. The number of hydrogen-bond acceptors (Lipinski definition) is 3. The molecule has 0 spiro atoms. The molecule has 1 saturated carbocycles. The van der Waals surface area contributed by atoms with Gasteiger partial charge in [0.1, 0.15) is 0 Å². The monoisotopic (exact) mass is 353 g/mol. The van der Waals surface area contributed by atoms with Crippen LogP contribution in [-0.2, 0) is 0 Å². The number of hydrogen-bond donors (Lipinski definition) is 2. The number of likely N-dealkylation sites (tertiary alicyclic amines) is 2. The molecule has 138 valence electrons. The number of aliphatic hydroxyl groups is 1. The van der Waals surface area contributed by atoms with E-state index in [1.54, 1.807) is 0 Å². The van der Waals surface area contributed by atoms with Crippen molar-refractivity contribution < 1.29 is 5.11 Å². The molecule has 1 aliphatic carbocycles. The third-order valence-electron chi connectivity index (χ3n) is 6.31. The van der Waals surface area contributed by atoms with Crippen molar-refractivity contribution in [3.8, 4) is 0 Å². The summed E-state index contributed by atoms with van der Waals surface area (Å²) in [5, 5.41) is 14.4. The molecule has 0 aromatic carbocycles. The highest BCUT2D eigenvalue weighted by Gasteiger charge is 2.28. The quantitative estimate of drug-likeness (QED) is 0.764. The highest BCUT2D eigenvalue weighted by Crippen LogP contribution is 2.24. The highest BCUT2D eigenvalue weighted by molar-refractivity contribution is 7.80. The lowest BCUT2D eigenvalue weighted by Gasteiger charge is -2.41. The van der Waals surface area contributed by atoms with E-state index < -0.39 is 0 Å². The number of piperidine rings is 2. The van der Waals surface area contributed by atoms with Gasteiger partial charge in [-0.05, 0) is 63.6 Å². The van der Waals surface area contributed by atoms with E-state index in [2.05, 4.69) is 22.0 Å². The fraction of sp³-hybridized carbons (Fsp3) is 0.947. The molecule has 0 aromatic rings. The average Bonchev–Trinajstić information content (AvgIpc) is 2.59. The van der Waals surface area contributed by atoms with Crippen LogP contribution in [0.3, 0.4) is 0 Å². The molecule has 2 N–H and O–H groups in total. The number of thiocarbonyl (C=S) groups is 1. The summed E-state index contributed by atoms with van der Waals surface area (Å²) in [7, 11) is 0. The second-order valence-corrected chi connectivity index (χ2v) is 8.62. The van der Waals surface area contributed by atoms with E-state index in [0.29, 0.717) is 12.1 Å². The van der Waals surface area contributed by atoms with E-state index in [-0.39, 0.29) is 6.10 Å². The van der Waals surface area contributed by atoms with Crippen LogP contribution in [0.15, 0.2) is 0 Å². The maximum absolute atomic E-state index is 9.78. The van der Waals surface area contributed by atoms with Crippen molar-refractivity contribution in [2.24, 2.45) is 5.92 Å². The van der Waals surface area contributed by atoms with E-state index in [1.165, 1.54) is 51.5 Å². The van der Waals surface area contributed by atoms with Crippen molar-refractivity contribution in [1.29, 1.82) is 0 Å². The van der Waals surface area contributed by atoms with Crippen LogP contribution in [0.25, 0.3) is 0 Å². The van der Waals surface area contributed by atoms with Crippen molar-refractivity contribution in [3.05, 3.63) is 0 Å². The van der Waals surface area contributed by atoms with E-state index >= 15 is 0 Å². The summed E-state index contributed by atoms with van der Waals surface area (Å²) in [5.41, 5.74) is 0. The van der Waals surface area contributed by atoms with Crippen molar-refractivity contribution >= 4 is 17.3 Å². The molecule has 2 saturated heterocycles. The second kappa shape index (κ2) is 8.81. The Hall–Kier alpha value is -0.390. The van der Waals surface area contributed by atoms with Gasteiger partial charge in [-0.1, -0.05) is 19.3 Å². The van der Waals surface area contributed by atoms with E-state index in [0.717, 1.165) is 43.5 Å². The van der Waals surface area contributed by atoms with E-state index in [1.807, 2.05) is 0 Å². The minimum Gasteiger partial charge on any atom is -0.393 e. The SMILES string of the molecule is C[C@@H]1C[C@H](O)CCN1CC1CCN(C(=S)NC2CCCCC2)CC1. The summed E-state index contributed by atoms with van der Waals surface area (Å²) in [4.78, 5) is 4.98. The van der Waals surface area contributed by atoms with Gasteiger partial charge in [0.05, 0.1) is 6.10 Å². The third-order valence-corrected chi connectivity index (χ3v) is 6.69. The Balaban J connectivity index is 1.38. The molecule has 24 heavy (non-hydrogen) atoms. The fourth-order valence-corrected chi connectivity index (χ4v) is 4.98. The summed E-state index contributed by atoms with van der Waals surface area (Å²) >= 11 is 5.66. The molecule has 2 atom stereocenters. The Bertz CT molecular complexity index is 405. The Morgan fingerprint density at radius 2 is 1.75 bits per heavy atom. The lowest BCUT2D eigenvalue weighted by Crippen LogP contribution is -2.50. The number of nitrogens with zero attached hydrogens (tertiary/aromatic N) is 2.